The maximum Gasteiger partial charge on any atom is 0.272 e. The minimum absolute atomic E-state index is 0.0992. The molecule has 2 aromatic heterocycles. The molecule has 1 aliphatic heterocycles. The van der Waals surface area contributed by atoms with Crippen LogP contribution >= 0.6 is 11.5 Å². The molecule has 3 heterocycles. The second-order valence-corrected chi connectivity index (χ2v) is 5.95. The fraction of sp³-hybridized carbons (Fsp3) is 0.357. The molecular formula is C14H17N7O2S. The highest BCUT2D eigenvalue weighted by molar-refractivity contribution is 7.09. The minimum Gasteiger partial charge on any atom is -0.395 e. The Kier molecular flexibility index (Phi) is 4.56. The van der Waals surface area contributed by atoms with Crippen molar-refractivity contribution in [2.24, 2.45) is 0 Å². The van der Waals surface area contributed by atoms with Crippen molar-refractivity contribution < 1.29 is 9.59 Å². The lowest BCUT2D eigenvalue weighted by atomic mass is 10.2. The van der Waals surface area contributed by atoms with Gasteiger partial charge in [0.15, 0.2) is 5.69 Å². The van der Waals surface area contributed by atoms with Gasteiger partial charge in [-0.25, -0.2) is 9.97 Å². The first-order valence-corrected chi connectivity index (χ1v) is 8.17. The average Bonchev–Trinajstić information content (AvgIpc) is 3.03. The SMILES string of the molecule is CNC(=O)c1nsc(C(=O)N2CCN(c3ncccn3)CC2)c1N. The maximum atomic E-state index is 12.6. The van der Waals surface area contributed by atoms with Gasteiger partial charge in [0.1, 0.15) is 4.88 Å². The molecule has 0 aromatic carbocycles. The number of anilines is 2. The average molecular weight is 347 g/mol. The normalized spacial score (nSPS) is 14.5. The number of aromatic nitrogens is 3. The van der Waals surface area contributed by atoms with Gasteiger partial charge in [-0.3, -0.25) is 9.59 Å². The van der Waals surface area contributed by atoms with Crippen LogP contribution in [-0.4, -0.2) is 64.3 Å². The summed E-state index contributed by atoms with van der Waals surface area (Å²) in [7, 11) is 1.49. The molecule has 10 heteroatoms. The van der Waals surface area contributed by atoms with E-state index in [4.69, 9.17) is 5.73 Å². The maximum absolute atomic E-state index is 12.6. The van der Waals surface area contributed by atoms with Gasteiger partial charge < -0.3 is 20.9 Å². The molecule has 0 aliphatic carbocycles. The quantitative estimate of drug-likeness (QED) is 0.792. The van der Waals surface area contributed by atoms with Crippen molar-refractivity contribution in [3.8, 4) is 0 Å². The zero-order chi connectivity index (χ0) is 17.1. The largest absolute Gasteiger partial charge is 0.395 e. The van der Waals surface area contributed by atoms with Crippen LogP contribution in [0, 0.1) is 0 Å². The fourth-order valence-electron chi connectivity index (χ4n) is 2.44. The Morgan fingerprint density at radius 1 is 1.21 bits per heavy atom. The van der Waals surface area contributed by atoms with Crippen molar-refractivity contribution in [3.05, 3.63) is 29.0 Å². The van der Waals surface area contributed by atoms with E-state index in [-0.39, 0.29) is 17.3 Å². The number of nitrogen functional groups attached to an aromatic ring is 1. The molecule has 0 spiro atoms. The summed E-state index contributed by atoms with van der Waals surface area (Å²) in [4.78, 5) is 36.7. The zero-order valence-corrected chi connectivity index (χ0v) is 13.9. The van der Waals surface area contributed by atoms with Crippen molar-refractivity contribution in [2.75, 3.05) is 43.9 Å². The molecule has 0 atom stereocenters. The van der Waals surface area contributed by atoms with Crippen LogP contribution in [0.4, 0.5) is 11.6 Å². The minimum atomic E-state index is -0.395. The predicted molar refractivity (Wildman–Crippen MR) is 90.1 cm³/mol. The number of nitrogens with zero attached hydrogens (tertiary/aromatic N) is 5. The van der Waals surface area contributed by atoms with E-state index in [1.807, 2.05) is 4.90 Å². The van der Waals surface area contributed by atoms with Crippen LogP contribution in [-0.2, 0) is 0 Å². The summed E-state index contributed by atoms with van der Waals surface area (Å²) in [6.45, 7) is 2.33. The molecule has 3 rings (SSSR count). The molecule has 126 valence electrons. The third-order valence-electron chi connectivity index (χ3n) is 3.77. The van der Waals surface area contributed by atoms with Crippen LogP contribution in [0.25, 0.3) is 0 Å². The summed E-state index contributed by atoms with van der Waals surface area (Å²) in [5.74, 6) is 0.0615. The number of hydrogen-bond donors (Lipinski definition) is 2. The standard InChI is InChI=1S/C14H17N7O2S/c1-16-12(22)10-9(15)11(24-19-10)13(23)20-5-7-21(8-6-20)14-17-3-2-4-18-14/h2-4H,5-8,15H2,1H3,(H,16,22). The molecule has 0 bridgehead atoms. The monoisotopic (exact) mass is 347 g/mol. The lowest BCUT2D eigenvalue weighted by molar-refractivity contribution is 0.0752. The molecule has 0 saturated carbocycles. The molecule has 9 nitrogen and oxygen atoms in total. The van der Waals surface area contributed by atoms with Crippen LogP contribution in [0.1, 0.15) is 20.2 Å². The summed E-state index contributed by atoms with van der Waals surface area (Å²) in [5, 5.41) is 2.46. The van der Waals surface area contributed by atoms with Crippen molar-refractivity contribution in [2.45, 2.75) is 0 Å². The number of nitrogens with two attached hydrogens (primary N) is 1. The highest BCUT2D eigenvalue weighted by Gasteiger charge is 2.28. The Morgan fingerprint density at radius 2 is 1.88 bits per heavy atom. The van der Waals surface area contributed by atoms with Gasteiger partial charge >= 0.3 is 0 Å². The van der Waals surface area contributed by atoms with E-state index in [9.17, 15) is 9.59 Å². The summed E-state index contributed by atoms with van der Waals surface area (Å²) in [6.07, 6.45) is 3.39. The number of nitrogens with one attached hydrogen (secondary N) is 1. The van der Waals surface area contributed by atoms with Crippen molar-refractivity contribution in [1.29, 1.82) is 0 Å². The number of hydrogen-bond acceptors (Lipinski definition) is 8. The molecular weight excluding hydrogens is 330 g/mol. The Hall–Kier alpha value is -2.75. The first-order valence-electron chi connectivity index (χ1n) is 7.40. The lowest BCUT2D eigenvalue weighted by Crippen LogP contribution is -2.49. The number of carbonyl (C=O) groups is 2. The van der Waals surface area contributed by atoms with E-state index in [1.54, 1.807) is 23.4 Å². The number of piperazine rings is 1. The molecule has 0 unspecified atom stereocenters. The predicted octanol–water partition coefficient (Wildman–Crippen LogP) is -0.163. The van der Waals surface area contributed by atoms with Crippen LogP contribution in [0.15, 0.2) is 18.5 Å². The van der Waals surface area contributed by atoms with Gasteiger partial charge in [-0.15, -0.1) is 0 Å². The highest BCUT2D eigenvalue weighted by atomic mass is 32.1. The Balaban J connectivity index is 1.68. The third-order valence-corrected chi connectivity index (χ3v) is 4.62. The van der Waals surface area contributed by atoms with Gasteiger partial charge in [-0.1, -0.05) is 0 Å². The molecule has 1 fully saturated rings. The first kappa shape index (κ1) is 16.1. The number of amides is 2. The van der Waals surface area contributed by atoms with Crippen LogP contribution in [0.3, 0.4) is 0 Å². The molecule has 0 radical (unpaired) electrons. The number of rotatable bonds is 3. The van der Waals surface area contributed by atoms with Crippen molar-refractivity contribution in [1.82, 2.24) is 24.6 Å². The van der Waals surface area contributed by atoms with Crippen LogP contribution in [0.2, 0.25) is 0 Å². The van der Waals surface area contributed by atoms with Crippen LogP contribution < -0.4 is 16.0 Å². The zero-order valence-electron chi connectivity index (χ0n) is 13.1. The van der Waals surface area contributed by atoms with E-state index in [0.717, 1.165) is 11.5 Å². The van der Waals surface area contributed by atoms with Gasteiger partial charge in [0.05, 0.1) is 5.69 Å². The van der Waals surface area contributed by atoms with Gasteiger partial charge in [0.2, 0.25) is 5.95 Å². The highest BCUT2D eigenvalue weighted by Crippen LogP contribution is 2.24. The Morgan fingerprint density at radius 3 is 2.50 bits per heavy atom. The second kappa shape index (κ2) is 6.79. The van der Waals surface area contributed by atoms with Crippen molar-refractivity contribution >= 4 is 35.0 Å². The van der Waals surface area contributed by atoms with Crippen LogP contribution in [0.5, 0.6) is 0 Å². The Labute approximate surface area is 142 Å². The molecule has 2 aromatic rings. The first-order chi connectivity index (χ1) is 11.6. The fourth-order valence-corrected chi connectivity index (χ4v) is 3.21. The molecule has 1 saturated heterocycles. The third kappa shape index (κ3) is 3.00. The van der Waals surface area contributed by atoms with Gasteiger partial charge in [0.25, 0.3) is 11.8 Å². The van der Waals surface area contributed by atoms with E-state index in [2.05, 4.69) is 19.7 Å². The molecule has 2 amide bonds. The molecule has 3 N–H and O–H groups in total. The van der Waals surface area contributed by atoms with E-state index < -0.39 is 5.91 Å². The van der Waals surface area contributed by atoms with Gasteiger partial charge in [-0.05, 0) is 17.6 Å². The van der Waals surface area contributed by atoms with Gasteiger partial charge in [0, 0.05) is 45.6 Å². The van der Waals surface area contributed by atoms with Gasteiger partial charge in [-0.2, -0.15) is 4.37 Å². The Bertz CT molecular complexity index is 741. The smallest absolute Gasteiger partial charge is 0.272 e. The lowest BCUT2D eigenvalue weighted by Gasteiger charge is -2.34. The topological polar surface area (TPSA) is 117 Å². The summed E-state index contributed by atoms with van der Waals surface area (Å²) in [6, 6.07) is 1.76. The van der Waals surface area contributed by atoms with E-state index >= 15 is 0 Å². The molecule has 24 heavy (non-hydrogen) atoms. The van der Waals surface area contributed by atoms with E-state index in [0.29, 0.717) is 37.0 Å². The summed E-state index contributed by atoms with van der Waals surface area (Å²) in [5.41, 5.74) is 6.15. The van der Waals surface area contributed by atoms with E-state index in [1.165, 1.54) is 7.05 Å². The molecule has 1 aliphatic rings. The van der Waals surface area contributed by atoms with Crippen molar-refractivity contribution in [3.63, 3.8) is 0 Å². The summed E-state index contributed by atoms with van der Waals surface area (Å²) < 4.78 is 3.99. The second-order valence-electron chi connectivity index (χ2n) is 5.18. The summed E-state index contributed by atoms with van der Waals surface area (Å²) >= 11 is 0.953. The number of carbonyl (C=O) groups excluding carboxylic acids is 2.